The van der Waals surface area contributed by atoms with Crippen LogP contribution in [0.15, 0.2) is 24.3 Å². The Balaban J connectivity index is 1.82. The van der Waals surface area contributed by atoms with E-state index in [4.69, 9.17) is 5.73 Å². The summed E-state index contributed by atoms with van der Waals surface area (Å²) in [7, 11) is 0. The molecule has 1 unspecified atom stereocenters. The Kier molecular flexibility index (Phi) is 3.41. The molecule has 0 aliphatic heterocycles. The molecule has 2 rings (SSSR count). The van der Waals surface area contributed by atoms with Gasteiger partial charge in [0.25, 0.3) is 0 Å². The number of hydrogen-bond donors (Lipinski definition) is 2. The highest BCUT2D eigenvalue weighted by Crippen LogP contribution is 2.30. The molecule has 0 fully saturated rings. The zero-order valence-electron chi connectivity index (χ0n) is 9.11. The third kappa shape index (κ3) is 2.52. The van der Waals surface area contributed by atoms with Gasteiger partial charge in [-0.1, -0.05) is 24.3 Å². The largest absolute Gasteiger partial charge is 0.448 e. The number of ether oxygens (including phenoxy) is 1. The molecule has 4 heteroatoms. The van der Waals surface area contributed by atoms with E-state index >= 15 is 0 Å². The Hall–Kier alpha value is -1.55. The topological polar surface area (TPSA) is 64.4 Å². The predicted octanol–water partition coefficient (Wildman–Crippen LogP) is 1.36. The van der Waals surface area contributed by atoms with Crippen LogP contribution in [0.4, 0.5) is 4.79 Å². The molecule has 1 aliphatic rings. The summed E-state index contributed by atoms with van der Waals surface area (Å²) >= 11 is 0. The van der Waals surface area contributed by atoms with Gasteiger partial charge in [-0.05, 0) is 24.0 Å². The number of carbonyl (C=O) groups is 1. The minimum Gasteiger partial charge on any atom is -0.448 e. The van der Waals surface area contributed by atoms with Crippen molar-refractivity contribution in [3.8, 4) is 0 Å². The van der Waals surface area contributed by atoms with Crippen molar-refractivity contribution in [1.29, 1.82) is 0 Å². The number of fused-ring (bicyclic) bond motifs is 1. The minimum absolute atomic E-state index is 0.327. The maximum atomic E-state index is 10.4. The highest BCUT2D eigenvalue weighted by atomic mass is 16.5. The number of rotatable bonds is 4. The van der Waals surface area contributed by atoms with Gasteiger partial charge in [0.1, 0.15) is 6.61 Å². The number of nitrogens with two attached hydrogens (primary N) is 1. The zero-order valence-corrected chi connectivity index (χ0v) is 9.11. The molecule has 86 valence electrons. The number of hydrogen-bond acceptors (Lipinski definition) is 3. The summed E-state index contributed by atoms with van der Waals surface area (Å²) in [6.45, 7) is 0.968. The lowest BCUT2D eigenvalue weighted by Gasteiger charge is -2.13. The molecule has 1 atom stereocenters. The lowest BCUT2D eigenvalue weighted by atomic mass is 10.1. The summed E-state index contributed by atoms with van der Waals surface area (Å²) in [5, 5.41) is 3.36. The molecule has 3 N–H and O–H groups in total. The summed E-state index contributed by atoms with van der Waals surface area (Å²) in [4.78, 5) is 10.4. The Morgan fingerprint density at radius 1 is 1.50 bits per heavy atom. The SMILES string of the molecule is NC(=O)OCCNC1CCc2ccccc21. The molecule has 0 radical (unpaired) electrons. The molecule has 0 aromatic heterocycles. The van der Waals surface area contributed by atoms with Crippen LogP contribution in [0.5, 0.6) is 0 Å². The summed E-state index contributed by atoms with van der Waals surface area (Å²) in [6.07, 6.45) is 1.51. The van der Waals surface area contributed by atoms with E-state index in [1.807, 2.05) is 0 Å². The Labute approximate surface area is 94.8 Å². The van der Waals surface area contributed by atoms with Gasteiger partial charge in [-0.25, -0.2) is 4.79 Å². The maximum Gasteiger partial charge on any atom is 0.404 e. The Morgan fingerprint density at radius 2 is 2.31 bits per heavy atom. The van der Waals surface area contributed by atoms with Crippen molar-refractivity contribution in [2.24, 2.45) is 5.73 Å². The van der Waals surface area contributed by atoms with Gasteiger partial charge in [-0.3, -0.25) is 0 Å². The second-order valence-electron chi connectivity index (χ2n) is 3.91. The standard InChI is InChI=1S/C12H16N2O2/c13-12(15)16-8-7-14-11-6-5-9-3-1-2-4-10(9)11/h1-4,11,14H,5-8H2,(H2,13,15). The molecule has 0 heterocycles. The normalized spacial score (nSPS) is 18.1. The first kappa shape index (κ1) is 11.0. The van der Waals surface area contributed by atoms with Crippen LogP contribution >= 0.6 is 0 Å². The van der Waals surface area contributed by atoms with E-state index in [2.05, 4.69) is 34.3 Å². The third-order valence-electron chi connectivity index (χ3n) is 2.87. The van der Waals surface area contributed by atoms with E-state index in [9.17, 15) is 4.79 Å². The highest BCUT2D eigenvalue weighted by Gasteiger charge is 2.20. The smallest absolute Gasteiger partial charge is 0.404 e. The first-order valence-corrected chi connectivity index (χ1v) is 5.51. The second-order valence-corrected chi connectivity index (χ2v) is 3.91. The second kappa shape index (κ2) is 4.99. The molecule has 0 bridgehead atoms. The predicted molar refractivity (Wildman–Crippen MR) is 61.0 cm³/mol. The number of nitrogens with one attached hydrogen (secondary N) is 1. The number of aryl methyl sites for hydroxylation is 1. The third-order valence-corrected chi connectivity index (χ3v) is 2.87. The minimum atomic E-state index is -0.714. The molecule has 16 heavy (non-hydrogen) atoms. The van der Waals surface area contributed by atoms with Gasteiger partial charge in [-0.15, -0.1) is 0 Å². The molecule has 0 spiro atoms. The summed E-state index contributed by atoms with van der Waals surface area (Å²) in [5.74, 6) is 0. The van der Waals surface area contributed by atoms with Gasteiger partial charge in [-0.2, -0.15) is 0 Å². The van der Waals surface area contributed by atoms with Gasteiger partial charge in [0.2, 0.25) is 0 Å². The van der Waals surface area contributed by atoms with Crippen LogP contribution in [0, 0.1) is 0 Å². The van der Waals surface area contributed by atoms with Crippen molar-refractivity contribution in [3.63, 3.8) is 0 Å². The molecule has 0 saturated carbocycles. The molecule has 1 aliphatic carbocycles. The summed E-state index contributed by atoms with van der Waals surface area (Å²) in [6, 6.07) is 8.81. The van der Waals surface area contributed by atoms with E-state index in [0.717, 1.165) is 12.8 Å². The fourth-order valence-electron chi connectivity index (χ4n) is 2.15. The van der Waals surface area contributed by atoms with Crippen LogP contribution in [0.25, 0.3) is 0 Å². The number of primary amides is 1. The molecule has 1 aromatic carbocycles. The van der Waals surface area contributed by atoms with E-state index in [-0.39, 0.29) is 0 Å². The zero-order chi connectivity index (χ0) is 11.4. The average molecular weight is 220 g/mol. The molecule has 1 aromatic rings. The number of benzene rings is 1. The average Bonchev–Trinajstić information content (AvgIpc) is 2.68. The highest BCUT2D eigenvalue weighted by molar-refractivity contribution is 5.64. The lowest BCUT2D eigenvalue weighted by molar-refractivity contribution is 0.156. The van der Waals surface area contributed by atoms with Crippen LogP contribution in [0.2, 0.25) is 0 Å². The Bertz CT molecular complexity index is 379. The van der Waals surface area contributed by atoms with E-state index in [1.165, 1.54) is 11.1 Å². The van der Waals surface area contributed by atoms with Crippen molar-refractivity contribution in [1.82, 2.24) is 5.32 Å². The van der Waals surface area contributed by atoms with E-state index in [1.54, 1.807) is 0 Å². The molecule has 0 saturated heterocycles. The number of amides is 1. The van der Waals surface area contributed by atoms with Crippen molar-refractivity contribution in [3.05, 3.63) is 35.4 Å². The fourth-order valence-corrected chi connectivity index (χ4v) is 2.15. The van der Waals surface area contributed by atoms with E-state index < -0.39 is 6.09 Å². The van der Waals surface area contributed by atoms with Gasteiger partial charge in [0.15, 0.2) is 0 Å². The quantitative estimate of drug-likeness (QED) is 0.753. The molecule has 1 amide bonds. The van der Waals surface area contributed by atoms with E-state index in [0.29, 0.717) is 19.2 Å². The van der Waals surface area contributed by atoms with Gasteiger partial charge >= 0.3 is 6.09 Å². The molecule has 4 nitrogen and oxygen atoms in total. The van der Waals surface area contributed by atoms with Gasteiger partial charge < -0.3 is 15.8 Å². The van der Waals surface area contributed by atoms with Gasteiger partial charge in [0, 0.05) is 12.6 Å². The summed E-state index contributed by atoms with van der Waals surface area (Å²) < 4.78 is 4.67. The Morgan fingerprint density at radius 3 is 3.12 bits per heavy atom. The van der Waals surface area contributed by atoms with Crippen molar-refractivity contribution >= 4 is 6.09 Å². The van der Waals surface area contributed by atoms with Crippen LogP contribution in [0.3, 0.4) is 0 Å². The summed E-state index contributed by atoms with van der Waals surface area (Å²) in [5.41, 5.74) is 7.65. The first-order valence-electron chi connectivity index (χ1n) is 5.51. The monoisotopic (exact) mass is 220 g/mol. The van der Waals surface area contributed by atoms with Crippen LogP contribution in [0.1, 0.15) is 23.6 Å². The molecular weight excluding hydrogens is 204 g/mol. The van der Waals surface area contributed by atoms with Crippen molar-refractivity contribution < 1.29 is 9.53 Å². The van der Waals surface area contributed by atoms with Crippen molar-refractivity contribution in [2.75, 3.05) is 13.2 Å². The number of carbonyl (C=O) groups excluding carboxylic acids is 1. The first-order chi connectivity index (χ1) is 7.77. The van der Waals surface area contributed by atoms with Crippen LogP contribution in [-0.4, -0.2) is 19.2 Å². The molecular formula is C12H16N2O2. The fraction of sp³-hybridized carbons (Fsp3) is 0.417. The lowest BCUT2D eigenvalue weighted by Crippen LogP contribution is -2.26. The van der Waals surface area contributed by atoms with Crippen molar-refractivity contribution in [2.45, 2.75) is 18.9 Å². The van der Waals surface area contributed by atoms with Crippen LogP contribution < -0.4 is 11.1 Å². The van der Waals surface area contributed by atoms with Crippen LogP contribution in [-0.2, 0) is 11.2 Å². The van der Waals surface area contributed by atoms with Gasteiger partial charge in [0.05, 0.1) is 0 Å². The maximum absolute atomic E-state index is 10.4.